The summed E-state index contributed by atoms with van der Waals surface area (Å²) in [7, 11) is 0. The topological polar surface area (TPSA) is 51.8 Å². The number of hydrogen-bond donors (Lipinski definition) is 1. The Labute approximate surface area is 84.6 Å². The van der Waals surface area contributed by atoms with Crippen LogP contribution in [0.4, 0.5) is 14.5 Å². The summed E-state index contributed by atoms with van der Waals surface area (Å²) in [5.74, 6) is -2.01. The molecule has 0 saturated heterocycles. The van der Waals surface area contributed by atoms with E-state index in [1.807, 2.05) is 0 Å². The fourth-order valence-corrected chi connectivity index (χ4v) is 1.23. The summed E-state index contributed by atoms with van der Waals surface area (Å²) in [5, 5.41) is 0. The van der Waals surface area contributed by atoms with Gasteiger partial charge in [0.1, 0.15) is 6.33 Å². The van der Waals surface area contributed by atoms with E-state index in [4.69, 9.17) is 5.73 Å². The van der Waals surface area contributed by atoms with Crippen molar-refractivity contribution in [3.05, 3.63) is 42.5 Å². The Morgan fingerprint density at radius 3 is 2.27 bits per heavy atom. The Morgan fingerprint density at radius 2 is 1.67 bits per heavy atom. The summed E-state index contributed by atoms with van der Waals surface area (Å²) in [6.07, 6.45) is 4.35. The molecule has 0 aliphatic carbocycles. The van der Waals surface area contributed by atoms with E-state index in [1.54, 1.807) is 0 Å². The molecule has 0 amide bonds. The van der Waals surface area contributed by atoms with Crippen molar-refractivity contribution in [2.45, 2.75) is 0 Å². The van der Waals surface area contributed by atoms with Gasteiger partial charge in [0, 0.05) is 18.0 Å². The summed E-state index contributed by atoms with van der Waals surface area (Å²) >= 11 is 0. The Hall–Kier alpha value is -2.04. The van der Waals surface area contributed by atoms with Crippen LogP contribution in [0.1, 0.15) is 0 Å². The molecule has 0 aliphatic rings. The molecule has 0 unspecified atom stereocenters. The molecule has 2 N–H and O–H groups in total. The minimum Gasteiger partial charge on any atom is -0.396 e. The van der Waals surface area contributed by atoms with E-state index in [0.29, 0.717) is 11.1 Å². The number of benzene rings is 1. The molecule has 5 heteroatoms. The lowest BCUT2D eigenvalue weighted by atomic mass is 10.1. The van der Waals surface area contributed by atoms with Gasteiger partial charge in [-0.25, -0.2) is 18.7 Å². The van der Waals surface area contributed by atoms with Crippen molar-refractivity contribution in [1.82, 2.24) is 9.97 Å². The summed E-state index contributed by atoms with van der Waals surface area (Å²) in [6, 6.07) is 2.40. The van der Waals surface area contributed by atoms with Crippen LogP contribution in [0.15, 0.2) is 30.9 Å². The minimum atomic E-state index is -1.03. The molecular weight excluding hydrogens is 200 g/mol. The number of halogens is 2. The minimum absolute atomic E-state index is 0.228. The summed E-state index contributed by atoms with van der Waals surface area (Å²) in [6.45, 7) is 0. The van der Waals surface area contributed by atoms with E-state index in [2.05, 4.69) is 9.97 Å². The van der Waals surface area contributed by atoms with Crippen LogP contribution in [0.25, 0.3) is 11.1 Å². The fourth-order valence-electron chi connectivity index (χ4n) is 1.23. The second-order valence-electron chi connectivity index (χ2n) is 2.99. The number of nitrogens with two attached hydrogens (primary N) is 1. The van der Waals surface area contributed by atoms with E-state index in [-0.39, 0.29) is 5.69 Å². The molecule has 0 aliphatic heterocycles. The molecule has 2 aromatic rings. The number of nitrogen functional groups attached to an aromatic ring is 1. The molecule has 76 valence electrons. The number of hydrogen-bond acceptors (Lipinski definition) is 3. The van der Waals surface area contributed by atoms with Crippen molar-refractivity contribution in [3.63, 3.8) is 0 Å². The highest BCUT2D eigenvalue weighted by Crippen LogP contribution is 2.24. The van der Waals surface area contributed by atoms with Gasteiger partial charge in [-0.2, -0.15) is 0 Å². The molecule has 2 rings (SSSR count). The molecule has 0 spiro atoms. The first-order valence-electron chi connectivity index (χ1n) is 4.18. The quantitative estimate of drug-likeness (QED) is 0.727. The molecular formula is C10H7F2N3. The third-order valence-electron chi connectivity index (χ3n) is 1.95. The van der Waals surface area contributed by atoms with Crippen LogP contribution < -0.4 is 5.73 Å². The summed E-state index contributed by atoms with van der Waals surface area (Å²) in [5.41, 5.74) is 6.11. The van der Waals surface area contributed by atoms with Crippen molar-refractivity contribution in [2.75, 3.05) is 5.73 Å². The number of anilines is 1. The third-order valence-corrected chi connectivity index (χ3v) is 1.95. The van der Waals surface area contributed by atoms with Crippen molar-refractivity contribution < 1.29 is 8.78 Å². The molecule has 1 heterocycles. The van der Waals surface area contributed by atoms with Crippen molar-refractivity contribution in [1.29, 1.82) is 0 Å². The fraction of sp³-hybridized carbons (Fsp3) is 0. The molecule has 0 saturated carbocycles. The first-order valence-corrected chi connectivity index (χ1v) is 4.18. The molecule has 1 aromatic carbocycles. The molecule has 0 bridgehead atoms. The highest BCUT2D eigenvalue weighted by Gasteiger charge is 2.09. The second-order valence-corrected chi connectivity index (χ2v) is 2.99. The van der Waals surface area contributed by atoms with Gasteiger partial charge in [-0.05, 0) is 17.7 Å². The second kappa shape index (κ2) is 3.61. The van der Waals surface area contributed by atoms with Crippen molar-refractivity contribution in [2.24, 2.45) is 0 Å². The van der Waals surface area contributed by atoms with Crippen LogP contribution in [0.5, 0.6) is 0 Å². The Kier molecular flexibility index (Phi) is 2.29. The standard InChI is InChI=1S/C10H7F2N3/c11-8-1-6(2-9(13)10(8)12)7-3-14-5-15-4-7/h1-5H,13H2. The Bertz CT molecular complexity index is 462. The van der Waals surface area contributed by atoms with E-state index in [0.717, 1.165) is 6.07 Å². The van der Waals surface area contributed by atoms with Crippen LogP contribution in [-0.4, -0.2) is 9.97 Å². The van der Waals surface area contributed by atoms with Gasteiger partial charge < -0.3 is 5.73 Å². The number of nitrogens with zero attached hydrogens (tertiary/aromatic N) is 2. The van der Waals surface area contributed by atoms with Gasteiger partial charge in [0.05, 0.1) is 5.69 Å². The Balaban J connectivity index is 2.56. The van der Waals surface area contributed by atoms with Crippen LogP contribution in [-0.2, 0) is 0 Å². The third kappa shape index (κ3) is 1.76. The van der Waals surface area contributed by atoms with Crippen LogP contribution in [0.3, 0.4) is 0 Å². The average Bonchev–Trinajstić information content (AvgIpc) is 2.26. The first-order chi connectivity index (χ1) is 7.18. The van der Waals surface area contributed by atoms with Crippen molar-refractivity contribution in [3.8, 4) is 11.1 Å². The van der Waals surface area contributed by atoms with Gasteiger partial charge >= 0.3 is 0 Å². The summed E-state index contributed by atoms with van der Waals surface area (Å²) in [4.78, 5) is 7.55. The number of aromatic nitrogens is 2. The SMILES string of the molecule is Nc1cc(-c2cncnc2)cc(F)c1F. The molecule has 3 nitrogen and oxygen atoms in total. The molecule has 0 atom stereocenters. The zero-order chi connectivity index (χ0) is 10.8. The van der Waals surface area contributed by atoms with Gasteiger partial charge in [0.15, 0.2) is 11.6 Å². The van der Waals surface area contributed by atoms with Crippen LogP contribution in [0, 0.1) is 11.6 Å². The predicted octanol–water partition coefficient (Wildman–Crippen LogP) is 2.00. The Morgan fingerprint density at radius 1 is 1.00 bits per heavy atom. The lowest BCUT2D eigenvalue weighted by molar-refractivity contribution is 0.512. The normalized spacial score (nSPS) is 10.3. The smallest absolute Gasteiger partial charge is 0.181 e. The maximum Gasteiger partial charge on any atom is 0.181 e. The average molecular weight is 207 g/mol. The maximum atomic E-state index is 13.0. The maximum absolute atomic E-state index is 13.0. The molecule has 15 heavy (non-hydrogen) atoms. The molecule has 0 fully saturated rings. The van der Waals surface area contributed by atoms with Crippen LogP contribution >= 0.6 is 0 Å². The zero-order valence-corrected chi connectivity index (χ0v) is 7.61. The van der Waals surface area contributed by atoms with Gasteiger partial charge in [0.25, 0.3) is 0 Å². The number of rotatable bonds is 1. The monoisotopic (exact) mass is 207 g/mol. The van der Waals surface area contributed by atoms with E-state index in [1.165, 1.54) is 24.8 Å². The lowest BCUT2D eigenvalue weighted by Crippen LogP contribution is -1.95. The molecule has 1 aromatic heterocycles. The zero-order valence-electron chi connectivity index (χ0n) is 7.61. The van der Waals surface area contributed by atoms with E-state index < -0.39 is 11.6 Å². The van der Waals surface area contributed by atoms with Gasteiger partial charge in [-0.1, -0.05) is 0 Å². The summed E-state index contributed by atoms with van der Waals surface area (Å²) < 4.78 is 25.9. The largest absolute Gasteiger partial charge is 0.396 e. The predicted molar refractivity (Wildman–Crippen MR) is 51.8 cm³/mol. The van der Waals surface area contributed by atoms with Gasteiger partial charge in [-0.15, -0.1) is 0 Å². The van der Waals surface area contributed by atoms with Crippen molar-refractivity contribution >= 4 is 5.69 Å². The molecule has 0 radical (unpaired) electrons. The lowest BCUT2D eigenvalue weighted by Gasteiger charge is -2.03. The van der Waals surface area contributed by atoms with E-state index >= 15 is 0 Å². The van der Waals surface area contributed by atoms with Gasteiger partial charge in [0.2, 0.25) is 0 Å². The van der Waals surface area contributed by atoms with Crippen LogP contribution in [0.2, 0.25) is 0 Å². The van der Waals surface area contributed by atoms with Gasteiger partial charge in [-0.3, -0.25) is 0 Å². The highest BCUT2D eigenvalue weighted by molar-refractivity contribution is 5.66. The first kappa shape index (κ1) is 9.51. The highest BCUT2D eigenvalue weighted by atomic mass is 19.2. The van der Waals surface area contributed by atoms with E-state index in [9.17, 15) is 8.78 Å².